The molecule has 14 heteroatoms. The van der Waals surface area contributed by atoms with E-state index in [0.29, 0.717) is 24.5 Å². The van der Waals surface area contributed by atoms with Crippen LogP contribution < -0.4 is 15.5 Å². The largest absolute Gasteiger partial charge is 0.444 e. The number of carbonyl (C=O) groups excluding carboxylic acids is 4. The molecule has 3 aromatic carbocycles. The van der Waals surface area contributed by atoms with Gasteiger partial charge < -0.3 is 25.0 Å². The maximum atomic E-state index is 14.3. The van der Waals surface area contributed by atoms with Crippen molar-refractivity contribution in [2.24, 2.45) is 0 Å². The second kappa shape index (κ2) is 16.4. The number of rotatable bonds is 9. The SMILES string of the molecule is CC(C)(C)OC(=O)N1CC(F)CC1C(=O)Nc1ccc(CN(Cc2ccc(NC(=O)C3CC(F)CN3C(=O)OC(C)(C)C)cc2)c2ccc(F)cc2)cc1. The number of likely N-dealkylation sites (tertiary alicyclic amines) is 2. The molecule has 5 rings (SSSR count). The number of carbonyl (C=O) groups is 4. The number of hydrogen-bond acceptors (Lipinski definition) is 7. The van der Waals surface area contributed by atoms with Crippen LogP contribution in [-0.4, -0.2) is 82.5 Å². The molecule has 0 aromatic heterocycles. The summed E-state index contributed by atoms with van der Waals surface area (Å²) in [7, 11) is 0. The van der Waals surface area contributed by atoms with Gasteiger partial charge in [0, 0.05) is 43.0 Å². The van der Waals surface area contributed by atoms with Crippen molar-refractivity contribution in [2.75, 3.05) is 28.6 Å². The number of nitrogens with one attached hydrogen (secondary N) is 2. The summed E-state index contributed by atoms with van der Waals surface area (Å²) in [6, 6.07) is 18.2. The first kappa shape index (κ1) is 39.9. The third-order valence-electron chi connectivity index (χ3n) is 8.74. The summed E-state index contributed by atoms with van der Waals surface area (Å²) in [6.07, 6.45) is -4.44. The molecule has 0 spiro atoms. The first-order valence-electron chi connectivity index (χ1n) is 17.9. The maximum Gasteiger partial charge on any atom is 0.411 e. The summed E-state index contributed by atoms with van der Waals surface area (Å²) < 4.78 is 53.3. The number of anilines is 3. The second-order valence-electron chi connectivity index (χ2n) is 15.7. The summed E-state index contributed by atoms with van der Waals surface area (Å²) >= 11 is 0. The minimum Gasteiger partial charge on any atom is -0.444 e. The highest BCUT2D eigenvalue weighted by Crippen LogP contribution is 2.28. The van der Waals surface area contributed by atoms with E-state index in [1.165, 1.54) is 12.1 Å². The van der Waals surface area contributed by atoms with Crippen molar-refractivity contribution in [3.05, 3.63) is 89.7 Å². The Bertz CT molecular complexity index is 1690. The van der Waals surface area contributed by atoms with E-state index in [1.54, 1.807) is 77.9 Å². The van der Waals surface area contributed by atoms with Gasteiger partial charge in [0.05, 0.1) is 13.1 Å². The van der Waals surface area contributed by atoms with Gasteiger partial charge in [-0.05, 0) is 101 Å². The highest BCUT2D eigenvalue weighted by atomic mass is 19.1. The lowest BCUT2D eigenvalue weighted by molar-refractivity contribution is -0.121. The van der Waals surface area contributed by atoms with E-state index in [9.17, 15) is 32.3 Å². The number of halogens is 3. The average molecular weight is 752 g/mol. The Morgan fingerprint density at radius 3 is 1.37 bits per heavy atom. The van der Waals surface area contributed by atoms with Crippen LogP contribution in [0, 0.1) is 5.82 Å². The lowest BCUT2D eigenvalue weighted by Crippen LogP contribution is -2.45. The molecule has 0 bridgehead atoms. The summed E-state index contributed by atoms with van der Waals surface area (Å²) in [5, 5.41) is 5.56. The van der Waals surface area contributed by atoms with E-state index in [0.717, 1.165) is 26.6 Å². The van der Waals surface area contributed by atoms with Crippen LogP contribution in [0.2, 0.25) is 0 Å². The Morgan fingerprint density at radius 2 is 1.02 bits per heavy atom. The normalized spacial score (nSPS) is 20.0. The molecule has 54 heavy (non-hydrogen) atoms. The number of benzene rings is 3. The fourth-order valence-corrected chi connectivity index (χ4v) is 6.28. The van der Waals surface area contributed by atoms with E-state index in [-0.39, 0.29) is 31.7 Å². The van der Waals surface area contributed by atoms with E-state index in [1.807, 2.05) is 29.2 Å². The van der Waals surface area contributed by atoms with Gasteiger partial charge in [-0.3, -0.25) is 19.4 Å². The van der Waals surface area contributed by atoms with Crippen molar-refractivity contribution in [2.45, 2.75) is 103 Å². The number of nitrogens with zero attached hydrogens (tertiary/aromatic N) is 3. The molecule has 2 aliphatic heterocycles. The summed E-state index contributed by atoms with van der Waals surface area (Å²) in [4.78, 5) is 55.9. The summed E-state index contributed by atoms with van der Waals surface area (Å²) in [5.41, 5.74) is 1.84. The predicted octanol–water partition coefficient (Wildman–Crippen LogP) is 7.60. The van der Waals surface area contributed by atoms with E-state index in [2.05, 4.69) is 10.6 Å². The van der Waals surface area contributed by atoms with Crippen molar-refractivity contribution in [3.8, 4) is 0 Å². The molecule has 290 valence electrons. The minimum absolute atomic E-state index is 0.129. The molecule has 4 atom stereocenters. The van der Waals surface area contributed by atoms with Crippen LogP contribution in [0.3, 0.4) is 0 Å². The Morgan fingerprint density at radius 1 is 0.648 bits per heavy atom. The van der Waals surface area contributed by atoms with Crippen LogP contribution in [-0.2, 0) is 32.2 Å². The van der Waals surface area contributed by atoms with Gasteiger partial charge in [-0.1, -0.05) is 24.3 Å². The maximum absolute atomic E-state index is 14.3. The molecule has 2 fully saturated rings. The predicted molar refractivity (Wildman–Crippen MR) is 199 cm³/mol. The van der Waals surface area contributed by atoms with Gasteiger partial charge in [0.15, 0.2) is 0 Å². The molecular weight excluding hydrogens is 703 g/mol. The Kier molecular flexibility index (Phi) is 12.1. The van der Waals surface area contributed by atoms with Crippen molar-refractivity contribution in [1.82, 2.24) is 9.80 Å². The van der Waals surface area contributed by atoms with Gasteiger partial charge in [0.25, 0.3) is 0 Å². The van der Waals surface area contributed by atoms with Gasteiger partial charge in [0.1, 0.15) is 41.4 Å². The van der Waals surface area contributed by atoms with Crippen LogP contribution in [0.15, 0.2) is 72.8 Å². The Balaban J connectivity index is 1.23. The smallest absolute Gasteiger partial charge is 0.411 e. The number of hydrogen-bond donors (Lipinski definition) is 2. The standard InChI is InChI=1S/C40H48F3N5O6/c1-39(2,3)53-37(51)47-23-28(42)19-33(47)35(49)44-30-13-7-25(8-14-30)21-46(32-17-11-27(41)12-18-32)22-26-9-15-31(16-10-26)45-36(50)34-20-29(43)24-48(34)38(52)54-40(4,5)6/h7-18,28-29,33-34H,19-24H2,1-6H3,(H,44,49)(H,45,50). The van der Waals surface area contributed by atoms with Gasteiger partial charge in [0.2, 0.25) is 11.8 Å². The highest BCUT2D eigenvalue weighted by molar-refractivity contribution is 5.97. The zero-order valence-electron chi connectivity index (χ0n) is 31.4. The third-order valence-corrected chi connectivity index (χ3v) is 8.74. The second-order valence-corrected chi connectivity index (χ2v) is 15.7. The van der Waals surface area contributed by atoms with E-state index < -0.39 is 59.6 Å². The third kappa shape index (κ3) is 10.9. The number of ether oxygens (including phenoxy) is 2. The molecular formula is C40H48F3N5O6. The Labute approximate surface area is 313 Å². The summed E-state index contributed by atoms with van der Waals surface area (Å²) in [6.45, 7) is 10.6. The van der Waals surface area contributed by atoms with Gasteiger partial charge in [-0.15, -0.1) is 0 Å². The zero-order chi connectivity index (χ0) is 39.4. The van der Waals surface area contributed by atoms with E-state index >= 15 is 0 Å². The fourth-order valence-electron chi connectivity index (χ4n) is 6.28. The molecule has 11 nitrogen and oxygen atoms in total. The first-order chi connectivity index (χ1) is 25.3. The lowest BCUT2D eigenvalue weighted by atomic mass is 10.1. The molecule has 2 N–H and O–H groups in total. The molecule has 0 saturated carbocycles. The molecule has 4 unspecified atom stereocenters. The van der Waals surface area contributed by atoms with Gasteiger partial charge in [-0.25, -0.2) is 22.8 Å². The van der Waals surface area contributed by atoms with Gasteiger partial charge in [-0.2, -0.15) is 0 Å². The molecule has 0 radical (unpaired) electrons. The van der Waals surface area contributed by atoms with Crippen molar-refractivity contribution in [3.63, 3.8) is 0 Å². The van der Waals surface area contributed by atoms with Crippen molar-refractivity contribution >= 4 is 41.1 Å². The minimum atomic E-state index is -1.35. The molecule has 3 aromatic rings. The van der Waals surface area contributed by atoms with Crippen LogP contribution in [0.25, 0.3) is 0 Å². The monoisotopic (exact) mass is 751 g/mol. The first-order valence-corrected chi connectivity index (χ1v) is 17.9. The highest BCUT2D eigenvalue weighted by Gasteiger charge is 2.43. The molecule has 2 saturated heterocycles. The average Bonchev–Trinajstić information content (AvgIpc) is 3.68. The van der Waals surface area contributed by atoms with Crippen molar-refractivity contribution in [1.29, 1.82) is 0 Å². The molecule has 2 aliphatic rings. The van der Waals surface area contributed by atoms with Crippen LogP contribution in [0.1, 0.15) is 65.5 Å². The quantitative estimate of drug-likeness (QED) is 0.231. The fraction of sp³-hybridized carbons (Fsp3) is 0.450. The molecule has 0 aliphatic carbocycles. The van der Waals surface area contributed by atoms with Crippen LogP contribution in [0.5, 0.6) is 0 Å². The molecule has 2 heterocycles. The van der Waals surface area contributed by atoms with Crippen LogP contribution in [0.4, 0.5) is 39.8 Å². The number of amides is 4. The zero-order valence-corrected chi connectivity index (χ0v) is 31.4. The topological polar surface area (TPSA) is 121 Å². The Hall–Kier alpha value is -5.27. The van der Waals surface area contributed by atoms with E-state index in [4.69, 9.17) is 9.47 Å². The van der Waals surface area contributed by atoms with Crippen molar-refractivity contribution < 1.29 is 41.8 Å². The number of alkyl halides is 2. The van der Waals surface area contributed by atoms with Gasteiger partial charge >= 0.3 is 12.2 Å². The lowest BCUT2D eigenvalue weighted by Gasteiger charge is -2.28. The van der Waals surface area contributed by atoms with Crippen LogP contribution >= 0.6 is 0 Å². The summed E-state index contributed by atoms with van der Waals surface area (Å²) in [5.74, 6) is -1.41. The molecule has 4 amide bonds.